The van der Waals surface area contributed by atoms with Crippen molar-refractivity contribution >= 4 is 32.2 Å². The van der Waals surface area contributed by atoms with Gasteiger partial charge in [0.1, 0.15) is 24.3 Å². The molecule has 47 heavy (non-hydrogen) atoms. The first-order valence-corrected chi connectivity index (χ1v) is 19.4. The highest BCUT2D eigenvalue weighted by Gasteiger charge is 2.46. The van der Waals surface area contributed by atoms with E-state index in [-0.39, 0.29) is 29.8 Å². The maximum atomic E-state index is 14.2. The van der Waals surface area contributed by atoms with E-state index in [2.05, 4.69) is 45.2 Å². The fourth-order valence-electron chi connectivity index (χ4n) is 5.84. The molecule has 0 saturated carbocycles. The van der Waals surface area contributed by atoms with Crippen LogP contribution >= 0.6 is 0 Å². The van der Waals surface area contributed by atoms with Crippen molar-refractivity contribution in [1.82, 2.24) is 15.1 Å². The Morgan fingerprint density at radius 2 is 1.62 bits per heavy atom. The third kappa shape index (κ3) is 8.81. The Bertz CT molecular complexity index is 1430. The molecule has 1 fully saturated rings. The average molecular weight is 666 g/mol. The number of hydrogen-bond donors (Lipinski definition) is 1. The summed E-state index contributed by atoms with van der Waals surface area (Å²) in [6.07, 6.45) is -0.812. The van der Waals surface area contributed by atoms with E-state index >= 15 is 0 Å². The molecule has 2 aromatic rings. The quantitative estimate of drug-likeness (QED) is 0.278. The van der Waals surface area contributed by atoms with E-state index in [1.54, 1.807) is 4.90 Å². The van der Waals surface area contributed by atoms with Crippen molar-refractivity contribution in [2.75, 3.05) is 20.2 Å². The van der Waals surface area contributed by atoms with E-state index < -0.39 is 50.6 Å². The normalized spacial score (nSPS) is 19.5. The Balaban J connectivity index is 1.50. The summed E-state index contributed by atoms with van der Waals surface area (Å²) in [5.41, 5.74) is 3.23. The molecule has 4 rings (SSSR count). The average Bonchev–Trinajstić information content (AvgIpc) is 3.45. The molecule has 2 heterocycles. The second kappa shape index (κ2) is 15.0. The van der Waals surface area contributed by atoms with Crippen molar-refractivity contribution in [2.45, 2.75) is 103 Å². The molecular weight excluding hydrogens is 614 g/mol. The van der Waals surface area contributed by atoms with E-state index in [0.717, 1.165) is 17.5 Å². The molecule has 0 bridgehead atoms. The fourth-order valence-corrected chi connectivity index (χ4v) is 7.10. The van der Waals surface area contributed by atoms with Crippen LogP contribution < -0.4 is 5.32 Å². The molecular formula is C36H51N3O7Si. The number of carbonyl (C=O) groups excluding carboxylic acids is 4. The number of carbonyl (C=O) groups is 4. The predicted octanol–water partition coefficient (Wildman–Crippen LogP) is 5.10. The van der Waals surface area contributed by atoms with Crippen LogP contribution in [0.1, 0.15) is 57.7 Å². The first-order chi connectivity index (χ1) is 22.1. The van der Waals surface area contributed by atoms with Crippen LogP contribution in [0.15, 0.2) is 54.6 Å². The number of nitrogens with zero attached hydrogens (tertiary/aromatic N) is 2. The second-order valence-corrected chi connectivity index (χ2v) is 19.3. The minimum Gasteiger partial charge on any atom is -0.467 e. The summed E-state index contributed by atoms with van der Waals surface area (Å²) in [6.45, 7) is 15.2. The number of nitrogens with one attached hydrogen (secondary N) is 1. The van der Waals surface area contributed by atoms with Gasteiger partial charge in [0.25, 0.3) is 0 Å². The predicted molar refractivity (Wildman–Crippen MR) is 182 cm³/mol. The van der Waals surface area contributed by atoms with Gasteiger partial charge in [0.15, 0.2) is 8.32 Å². The summed E-state index contributed by atoms with van der Waals surface area (Å²) in [5, 5.41) is 2.84. The number of amides is 3. The molecule has 1 N–H and O–H groups in total. The molecule has 0 aromatic heterocycles. The first kappa shape index (κ1) is 36.1. The van der Waals surface area contributed by atoms with E-state index in [1.165, 1.54) is 17.6 Å². The van der Waals surface area contributed by atoms with E-state index in [1.807, 2.05) is 62.4 Å². The highest BCUT2D eigenvalue weighted by atomic mass is 28.4. The van der Waals surface area contributed by atoms with Gasteiger partial charge in [-0.15, -0.1) is 0 Å². The van der Waals surface area contributed by atoms with Crippen LogP contribution in [-0.2, 0) is 47.7 Å². The number of methoxy groups -OCH3 is 1. The minimum atomic E-state index is -2.38. The van der Waals surface area contributed by atoms with Gasteiger partial charge >= 0.3 is 12.1 Å². The van der Waals surface area contributed by atoms with Crippen LogP contribution in [0, 0.1) is 5.92 Å². The molecule has 0 unspecified atom stereocenters. The van der Waals surface area contributed by atoms with Crippen LogP contribution in [0.4, 0.5) is 4.79 Å². The van der Waals surface area contributed by atoms with Gasteiger partial charge in [-0.2, -0.15) is 0 Å². The number of esters is 1. The van der Waals surface area contributed by atoms with Crippen LogP contribution in [0.2, 0.25) is 18.1 Å². The number of fused-ring (bicyclic) bond motifs is 1. The lowest BCUT2D eigenvalue weighted by Crippen LogP contribution is -2.57. The van der Waals surface area contributed by atoms with Gasteiger partial charge in [0.2, 0.25) is 11.8 Å². The highest BCUT2D eigenvalue weighted by molar-refractivity contribution is 6.74. The molecule has 2 aliphatic rings. The van der Waals surface area contributed by atoms with Gasteiger partial charge in [-0.1, -0.05) is 89.2 Å². The maximum absolute atomic E-state index is 14.2. The Kier molecular flexibility index (Phi) is 11.6. The topological polar surface area (TPSA) is 114 Å². The van der Waals surface area contributed by atoms with Crippen LogP contribution in [0.25, 0.3) is 0 Å². The van der Waals surface area contributed by atoms with Crippen molar-refractivity contribution in [3.05, 3.63) is 71.3 Å². The Morgan fingerprint density at radius 3 is 2.23 bits per heavy atom. The maximum Gasteiger partial charge on any atom is 0.410 e. The molecule has 0 radical (unpaired) electrons. The summed E-state index contributed by atoms with van der Waals surface area (Å²) < 4.78 is 17.6. The third-order valence-electron chi connectivity index (χ3n) is 9.71. The van der Waals surface area contributed by atoms with Crippen molar-refractivity contribution in [3.8, 4) is 0 Å². The Morgan fingerprint density at radius 1 is 0.979 bits per heavy atom. The van der Waals surface area contributed by atoms with Crippen LogP contribution in [0.3, 0.4) is 0 Å². The minimum absolute atomic E-state index is 0.0156. The van der Waals surface area contributed by atoms with E-state index in [9.17, 15) is 19.2 Å². The van der Waals surface area contributed by atoms with Gasteiger partial charge in [-0.05, 0) is 47.2 Å². The zero-order chi connectivity index (χ0) is 34.5. The molecule has 2 aromatic carbocycles. The highest BCUT2D eigenvalue weighted by Crippen LogP contribution is 2.38. The molecule has 3 amide bonds. The van der Waals surface area contributed by atoms with Gasteiger partial charge in [-0.25, -0.2) is 9.59 Å². The lowest BCUT2D eigenvalue weighted by Gasteiger charge is -2.39. The summed E-state index contributed by atoms with van der Waals surface area (Å²) in [7, 11) is -1.11. The van der Waals surface area contributed by atoms with Gasteiger partial charge in [-0.3, -0.25) is 9.59 Å². The van der Waals surface area contributed by atoms with Gasteiger partial charge in [0, 0.05) is 25.9 Å². The summed E-state index contributed by atoms with van der Waals surface area (Å²) in [5.74, 6) is -1.71. The Hall–Kier alpha value is -3.70. The van der Waals surface area contributed by atoms with Gasteiger partial charge < -0.3 is 29.0 Å². The standard InChI is InChI=1S/C36H51N3O7Si/c1-24(2)31(37-32(40)30(20-25-14-10-9-11-15-25)46-47(7,8)36(3,4)5)33(41)39-23-28(21-29(39)34(42)44-6)45-35(43)38-19-18-26-16-12-13-17-27(26)22-38/h9-17,24,28-31H,18-23H2,1-8H3,(H,37,40)/t28-,29+,30+,31+/m1/s1. The molecule has 2 aliphatic heterocycles. The molecule has 256 valence electrons. The smallest absolute Gasteiger partial charge is 0.410 e. The molecule has 0 aliphatic carbocycles. The SMILES string of the molecule is COC(=O)[C@@H]1C[C@@H](OC(=O)N2CCc3ccccc3C2)CN1C(=O)[C@@H](NC(=O)[C@H](Cc1ccccc1)O[Si](C)(C)C(C)(C)C)C(C)C. The molecule has 1 saturated heterocycles. The van der Waals surface area contributed by atoms with Crippen molar-refractivity contribution < 1.29 is 33.1 Å². The van der Waals surface area contributed by atoms with Crippen molar-refractivity contribution in [1.29, 1.82) is 0 Å². The fraction of sp³-hybridized carbons (Fsp3) is 0.556. The number of rotatable bonds is 10. The third-order valence-corrected chi connectivity index (χ3v) is 14.2. The molecule has 11 heteroatoms. The Labute approximate surface area is 280 Å². The first-order valence-electron chi connectivity index (χ1n) is 16.5. The molecule has 4 atom stereocenters. The van der Waals surface area contributed by atoms with E-state index in [4.69, 9.17) is 13.9 Å². The number of likely N-dealkylation sites (tertiary alicyclic amines) is 1. The lowest BCUT2D eigenvalue weighted by molar-refractivity contribution is -0.152. The van der Waals surface area contributed by atoms with E-state index in [0.29, 0.717) is 19.5 Å². The lowest BCUT2D eigenvalue weighted by atomic mass is 10.0. The van der Waals surface area contributed by atoms with Crippen LogP contribution in [0.5, 0.6) is 0 Å². The number of ether oxygens (including phenoxy) is 2. The second-order valence-electron chi connectivity index (χ2n) is 14.5. The van der Waals surface area contributed by atoms with Crippen molar-refractivity contribution in [3.63, 3.8) is 0 Å². The number of benzene rings is 2. The largest absolute Gasteiger partial charge is 0.467 e. The summed E-state index contributed by atoms with van der Waals surface area (Å²) >= 11 is 0. The molecule has 0 spiro atoms. The number of hydrogen-bond acceptors (Lipinski definition) is 7. The summed E-state index contributed by atoms with van der Waals surface area (Å²) in [4.78, 5) is 57.3. The monoisotopic (exact) mass is 665 g/mol. The van der Waals surface area contributed by atoms with Crippen molar-refractivity contribution in [2.24, 2.45) is 5.92 Å². The summed E-state index contributed by atoms with van der Waals surface area (Å²) in [6, 6.07) is 15.8. The molecule has 10 nitrogen and oxygen atoms in total. The zero-order valence-corrected chi connectivity index (χ0v) is 30.1. The van der Waals surface area contributed by atoms with Gasteiger partial charge in [0.05, 0.1) is 13.7 Å². The zero-order valence-electron chi connectivity index (χ0n) is 29.1. The van der Waals surface area contributed by atoms with Crippen LogP contribution in [-0.4, -0.2) is 86.5 Å².